The van der Waals surface area contributed by atoms with Crippen LogP contribution in [0.25, 0.3) is 100.0 Å². The molecule has 0 saturated carbocycles. The number of aryl methyl sites for hydroxylation is 1. The number of nitrogens with zero attached hydrogens (tertiary/aromatic N) is 5. The maximum absolute atomic E-state index is 6.62. The van der Waals surface area contributed by atoms with E-state index in [0.29, 0.717) is 23.6 Å². The minimum Gasteiger partial charge on any atom is -0.455 e. The summed E-state index contributed by atoms with van der Waals surface area (Å²) in [7, 11) is 0. The zero-order valence-electron chi connectivity index (χ0n) is 34.5. The van der Waals surface area contributed by atoms with Crippen LogP contribution < -0.4 is 0 Å². The molecule has 0 saturated heterocycles. The Kier molecular flexibility index (Phi) is 8.39. The highest BCUT2D eigenvalue weighted by Gasteiger charge is 2.24. The second-order valence-corrected chi connectivity index (χ2v) is 16.3. The van der Waals surface area contributed by atoms with Crippen LogP contribution in [0.5, 0.6) is 0 Å². The minimum atomic E-state index is 0.357. The lowest BCUT2D eigenvalue weighted by Gasteiger charge is -2.21. The van der Waals surface area contributed by atoms with Gasteiger partial charge in [0.05, 0.1) is 27.6 Å². The van der Waals surface area contributed by atoms with Crippen LogP contribution in [0.15, 0.2) is 186 Å². The highest BCUT2D eigenvalue weighted by molar-refractivity contribution is 6.12. The van der Waals surface area contributed by atoms with Crippen molar-refractivity contribution in [3.63, 3.8) is 0 Å². The fourth-order valence-corrected chi connectivity index (χ4v) is 9.84. The van der Waals surface area contributed by atoms with E-state index in [4.69, 9.17) is 19.4 Å². The number of para-hydroxylation sites is 5. The smallest absolute Gasteiger partial charge is 0.240 e. The molecule has 12 aromatic rings. The molecule has 0 aliphatic rings. The Morgan fingerprint density at radius 1 is 0.468 bits per heavy atom. The van der Waals surface area contributed by atoms with Crippen LogP contribution in [-0.4, -0.2) is 24.1 Å². The van der Waals surface area contributed by atoms with Crippen LogP contribution in [-0.2, 0) is 6.42 Å². The van der Waals surface area contributed by atoms with Gasteiger partial charge in [0.25, 0.3) is 0 Å². The summed E-state index contributed by atoms with van der Waals surface area (Å²) in [4.78, 5) is 16.3. The maximum atomic E-state index is 6.62. The number of furan rings is 1. The molecular weight excluding hydrogens is 759 g/mol. The summed E-state index contributed by atoms with van der Waals surface area (Å²) < 4.78 is 11.0. The summed E-state index contributed by atoms with van der Waals surface area (Å²) >= 11 is 0. The van der Waals surface area contributed by atoms with E-state index in [1.165, 1.54) is 27.8 Å². The third kappa shape index (κ3) is 5.67. The standard InChI is InChI=1S/C56H41N5O/c1-3-37(33-36-18-5-4-6-19-36)38-20-7-8-21-39(38)46-34-51-47(32-35(46)2)42-24-11-15-30-50(42)61(51)56-58-54(45-27-17-26-44-43-25-12-16-31-52(43)62-53(44)45)57-55(59-56)60-48-28-13-9-22-40(48)41-23-10-14-29-49(41)60/h4-32,34,37H,3,33H2,1-2H3. The Labute approximate surface area is 358 Å². The van der Waals surface area contributed by atoms with Crippen LogP contribution >= 0.6 is 0 Å². The SMILES string of the molecule is CCC(Cc1ccccc1)c1ccccc1-c1cc2c(cc1C)c1ccccc1n2-c1nc(-c2cccc3c2oc2ccccc23)nc(-n2c3ccccc3c3ccccc32)n1. The molecule has 8 aromatic carbocycles. The van der Waals surface area contributed by atoms with Gasteiger partial charge in [0.15, 0.2) is 5.82 Å². The lowest BCUT2D eigenvalue weighted by atomic mass is 9.84. The van der Waals surface area contributed by atoms with E-state index in [9.17, 15) is 0 Å². The predicted octanol–water partition coefficient (Wildman–Crippen LogP) is 14.3. The van der Waals surface area contributed by atoms with E-state index < -0.39 is 0 Å². The van der Waals surface area contributed by atoms with E-state index >= 15 is 0 Å². The van der Waals surface area contributed by atoms with Gasteiger partial charge in [0.2, 0.25) is 11.9 Å². The number of aromatic nitrogens is 5. The molecule has 0 aliphatic carbocycles. The summed E-state index contributed by atoms with van der Waals surface area (Å²) in [5.41, 5.74) is 12.9. The summed E-state index contributed by atoms with van der Waals surface area (Å²) in [5, 5.41) is 6.64. The molecule has 4 heterocycles. The van der Waals surface area contributed by atoms with E-state index in [1.807, 2.05) is 18.2 Å². The van der Waals surface area contributed by atoms with Gasteiger partial charge in [0, 0.05) is 32.3 Å². The molecule has 62 heavy (non-hydrogen) atoms. The molecule has 296 valence electrons. The Morgan fingerprint density at radius 3 is 1.71 bits per heavy atom. The van der Waals surface area contributed by atoms with E-state index in [-0.39, 0.29) is 0 Å². The van der Waals surface area contributed by atoms with Crippen molar-refractivity contribution in [3.8, 4) is 34.4 Å². The average molecular weight is 800 g/mol. The van der Waals surface area contributed by atoms with E-state index in [2.05, 4.69) is 187 Å². The summed E-state index contributed by atoms with van der Waals surface area (Å²) in [5.74, 6) is 1.96. The summed E-state index contributed by atoms with van der Waals surface area (Å²) in [6, 6.07) is 64.5. The van der Waals surface area contributed by atoms with Crippen molar-refractivity contribution >= 4 is 65.6 Å². The minimum absolute atomic E-state index is 0.357. The summed E-state index contributed by atoms with van der Waals surface area (Å²) in [6.07, 6.45) is 2.01. The Balaban J connectivity index is 1.14. The molecule has 0 aliphatic heterocycles. The van der Waals surface area contributed by atoms with Crippen LogP contribution in [0.3, 0.4) is 0 Å². The van der Waals surface area contributed by atoms with Gasteiger partial charge in [-0.05, 0) is 96.0 Å². The fourth-order valence-electron chi connectivity index (χ4n) is 9.84. The lowest BCUT2D eigenvalue weighted by molar-refractivity contribution is 0.662. The van der Waals surface area contributed by atoms with Gasteiger partial charge in [-0.15, -0.1) is 0 Å². The molecular formula is C56H41N5O. The normalized spacial score (nSPS) is 12.4. The van der Waals surface area contributed by atoms with Crippen LogP contribution in [0.1, 0.15) is 36.0 Å². The van der Waals surface area contributed by atoms with Gasteiger partial charge in [-0.25, -0.2) is 0 Å². The first-order valence-electron chi connectivity index (χ1n) is 21.5. The summed E-state index contributed by atoms with van der Waals surface area (Å²) in [6.45, 7) is 4.54. The number of benzene rings is 8. The van der Waals surface area contributed by atoms with Crippen LogP contribution in [0, 0.1) is 6.92 Å². The van der Waals surface area contributed by atoms with Crippen molar-refractivity contribution in [3.05, 3.63) is 199 Å². The molecule has 0 radical (unpaired) electrons. The van der Waals surface area contributed by atoms with Crippen LogP contribution in [0.4, 0.5) is 0 Å². The predicted molar refractivity (Wildman–Crippen MR) is 255 cm³/mol. The van der Waals surface area contributed by atoms with Crippen molar-refractivity contribution < 1.29 is 4.42 Å². The number of hydrogen-bond acceptors (Lipinski definition) is 4. The Morgan fingerprint density at radius 2 is 1.02 bits per heavy atom. The zero-order chi connectivity index (χ0) is 41.3. The molecule has 0 bridgehead atoms. The molecule has 1 unspecified atom stereocenters. The van der Waals surface area contributed by atoms with Crippen molar-refractivity contribution in [2.24, 2.45) is 0 Å². The monoisotopic (exact) mass is 799 g/mol. The fraction of sp³-hybridized carbons (Fsp3) is 0.0893. The van der Waals surface area contributed by atoms with E-state index in [1.54, 1.807) is 0 Å². The molecule has 6 heteroatoms. The quantitative estimate of drug-likeness (QED) is 0.154. The number of hydrogen-bond donors (Lipinski definition) is 0. The van der Waals surface area contributed by atoms with Crippen molar-refractivity contribution in [1.29, 1.82) is 0 Å². The van der Waals surface area contributed by atoms with Gasteiger partial charge >= 0.3 is 0 Å². The van der Waals surface area contributed by atoms with Crippen LogP contribution in [0.2, 0.25) is 0 Å². The van der Waals surface area contributed by atoms with Gasteiger partial charge in [-0.1, -0.05) is 146 Å². The largest absolute Gasteiger partial charge is 0.455 e. The molecule has 0 N–H and O–H groups in total. The second-order valence-electron chi connectivity index (χ2n) is 16.3. The third-order valence-electron chi connectivity index (χ3n) is 12.8. The van der Waals surface area contributed by atoms with Gasteiger partial charge < -0.3 is 4.42 Å². The van der Waals surface area contributed by atoms with Crippen molar-refractivity contribution in [2.45, 2.75) is 32.6 Å². The van der Waals surface area contributed by atoms with E-state index in [0.717, 1.165) is 84.0 Å². The second kappa shape index (κ2) is 14.4. The first kappa shape index (κ1) is 36.1. The van der Waals surface area contributed by atoms with Crippen molar-refractivity contribution in [1.82, 2.24) is 24.1 Å². The highest BCUT2D eigenvalue weighted by Crippen LogP contribution is 2.41. The number of fused-ring (bicyclic) bond motifs is 9. The number of rotatable bonds is 8. The first-order chi connectivity index (χ1) is 30.6. The molecule has 6 nitrogen and oxygen atoms in total. The molecule has 4 aromatic heterocycles. The third-order valence-corrected chi connectivity index (χ3v) is 12.8. The molecule has 12 rings (SSSR count). The average Bonchev–Trinajstić information content (AvgIpc) is 3.98. The Hall–Kier alpha value is -7.83. The van der Waals surface area contributed by atoms with Gasteiger partial charge in [-0.2, -0.15) is 15.0 Å². The van der Waals surface area contributed by atoms with Gasteiger partial charge in [0.1, 0.15) is 11.2 Å². The Bertz CT molecular complexity index is 3630. The topological polar surface area (TPSA) is 61.7 Å². The maximum Gasteiger partial charge on any atom is 0.240 e. The molecule has 0 spiro atoms. The first-order valence-corrected chi connectivity index (χ1v) is 21.5. The highest BCUT2D eigenvalue weighted by atomic mass is 16.3. The molecule has 0 amide bonds. The molecule has 0 fully saturated rings. The molecule has 1 atom stereocenters. The van der Waals surface area contributed by atoms with Gasteiger partial charge in [-0.3, -0.25) is 9.13 Å². The van der Waals surface area contributed by atoms with Crippen molar-refractivity contribution in [2.75, 3.05) is 0 Å². The lowest BCUT2D eigenvalue weighted by Crippen LogP contribution is -2.10. The zero-order valence-corrected chi connectivity index (χ0v) is 34.5.